The second-order valence-electron chi connectivity index (χ2n) is 5.90. The fourth-order valence-corrected chi connectivity index (χ4v) is 3.85. The molecule has 4 rings (SSSR count). The summed E-state index contributed by atoms with van der Waals surface area (Å²) in [4.78, 5) is 13.1. The van der Waals surface area contributed by atoms with Crippen LogP contribution in [0, 0.1) is 0 Å². The Balaban J connectivity index is 1.80. The maximum Gasteiger partial charge on any atom is 0.209 e. The van der Waals surface area contributed by atoms with Crippen LogP contribution in [0.2, 0.25) is 0 Å². The number of carbonyl (C=O) groups is 1. The number of thioether (sulfide) groups is 1. The summed E-state index contributed by atoms with van der Waals surface area (Å²) in [5, 5.41) is 9.13. The van der Waals surface area contributed by atoms with Gasteiger partial charge in [0, 0.05) is 18.0 Å². The number of benzene rings is 2. The summed E-state index contributed by atoms with van der Waals surface area (Å²) in [5.74, 6) is 6.01. The molecule has 7 heteroatoms. The monoisotopic (exact) mass is 363 g/mol. The first-order valence-electron chi connectivity index (χ1n) is 8.10. The van der Waals surface area contributed by atoms with Crippen LogP contribution in [-0.2, 0) is 7.05 Å². The second kappa shape index (κ2) is 6.68. The summed E-state index contributed by atoms with van der Waals surface area (Å²) in [6.45, 7) is 0. The van der Waals surface area contributed by atoms with Crippen LogP contribution in [0.1, 0.15) is 10.4 Å². The van der Waals surface area contributed by atoms with Gasteiger partial charge < -0.3 is 10.4 Å². The third kappa shape index (κ3) is 2.76. The zero-order valence-corrected chi connectivity index (χ0v) is 15.0. The van der Waals surface area contributed by atoms with Crippen LogP contribution < -0.4 is 5.84 Å². The molecular formula is C19H17N5OS. The Kier molecular flexibility index (Phi) is 4.22. The van der Waals surface area contributed by atoms with Gasteiger partial charge in [0.1, 0.15) is 6.33 Å². The number of rotatable bonds is 5. The Morgan fingerprint density at radius 2 is 1.85 bits per heavy atom. The van der Waals surface area contributed by atoms with Crippen LogP contribution in [0.4, 0.5) is 0 Å². The predicted molar refractivity (Wildman–Crippen MR) is 104 cm³/mol. The summed E-state index contributed by atoms with van der Waals surface area (Å²) in [5.41, 5.74) is 3.69. The lowest BCUT2D eigenvalue weighted by atomic mass is 10.0. The highest BCUT2D eigenvalue weighted by molar-refractivity contribution is 7.99. The Labute approximate surface area is 154 Å². The molecule has 0 saturated carbocycles. The molecule has 6 nitrogen and oxygen atoms in total. The van der Waals surface area contributed by atoms with Gasteiger partial charge in [0.2, 0.25) is 5.16 Å². The van der Waals surface area contributed by atoms with E-state index in [9.17, 15) is 4.79 Å². The van der Waals surface area contributed by atoms with E-state index >= 15 is 0 Å². The predicted octanol–water partition coefficient (Wildman–Crippen LogP) is 3.13. The van der Waals surface area contributed by atoms with E-state index in [1.54, 1.807) is 0 Å². The lowest BCUT2D eigenvalue weighted by molar-refractivity contribution is 0.102. The van der Waals surface area contributed by atoms with Crippen molar-refractivity contribution in [2.24, 2.45) is 7.05 Å². The molecule has 2 aromatic heterocycles. The highest BCUT2D eigenvalue weighted by atomic mass is 32.2. The molecule has 2 N–H and O–H groups in total. The maximum atomic E-state index is 13.1. The van der Waals surface area contributed by atoms with Crippen molar-refractivity contribution in [2.45, 2.75) is 5.16 Å². The van der Waals surface area contributed by atoms with Crippen LogP contribution in [-0.4, -0.2) is 31.0 Å². The second-order valence-corrected chi connectivity index (χ2v) is 6.84. The van der Waals surface area contributed by atoms with Gasteiger partial charge in [0.25, 0.3) is 0 Å². The minimum atomic E-state index is 0.0358. The maximum absolute atomic E-state index is 13.1. The summed E-state index contributed by atoms with van der Waals surface area (Å²) in [7, 11) is 1.99. The molecule has 4 aromatic rings. The number of para-hydroxylation sites is 1. The Bertz CT molecular complexity index is 1080. The molecule has 26 heavy (non-hydrogen) atoms. The summed E-state index contributed by atoms with van der Waals surface area (Å²) >= 11 is 1.28. The van der Waals surface area contributed by atoms with Gasteiger partial charge in [-0.15, -0.1) is 10.2 Å². The third-order valence-corrected chi connectivity index (χ3v) is 5.26. The zero-order valence-electron chi connectivity index (χ0n) is 14.2. The van der Waals surface area contributed by atoms with Crippen molar-refractivity contribution >= 4 is 28.4 Å². The molecule has 0 aliphatic rings. The number of nitrogens with two attached hydrogens (primary N) is 1. The minimum Gasteiger partial charge on any atom is -0.343 e. The van der Waals surface area contributed by atoms with Crippen molar-refractivity contribution in [1.82, 2.24) is 19.4 Å². The van der Waals surface area contributed by atoms with Crippen LogP contribution in [0.3, 0.4) is 0 Å². The number of aromatic nitrogens is 4. The van der Waals surface area contributed by atoms with Crippen molar-refractivity contribution in [3.05, 3.63) is 66.5 Å². The topological polar surface area (TPSA) is 78.7 Å². The molecule has 0 spiro atoms. The summed E-state index contributed by atoms with van der Waals surface area (Å²) in [6, 6.07) is 17.9. The number of Topliss-reactive ketones (excluding diaryl/α,β-unsaturated/α-hetero) is 1. The van der Waals surface area contributed by atoms with E-state index in [0.717, 1.165) is 27.7 Å². The Morgan fingerprint density at radius 3 is 2.58 bits per heavy atom. The van der Waals surface area contributed by atoms with Crippen LogP contribution >= 0.6 is 11.8 Å². The number of fused-ring (bicyclic) bond motifs is 1. The van der Waals surface area contributed by atoms with Gasteiger partial charge in [0.15, 0.2) is 5.78 Å². The highest BCUT2D eigenvalue weighted by Crippen LogP contribution is 2.34. The van der Waals surface area contributed by atoms with E-state index in [4.69, 9.17) is 5.84 Å². The van der Waals surface area contributed by atoms with Crippen molar-refractivity contribution in [3.8, 4) is 11.3 Å². The first-order valence-corrected chi connectivity index (χ1v) is 9.09. The summed E-state index contributed by atoms with van der Waals surface area (Å²) < 4.78 is 3.40. The number of ketones is 1. The molecule has 0 amide bonds. The first-order chi connectivity index (χ1) is 12.7. The van der Waals surface area contributed by atoms with Crippen LogP contribution in [0.5, 0.6) is 0 Å². The van der Waals surface area contributed by atoms with Crippen molar-refractivity contribution < 1.29 is 4.79 Å². The summed E-state index contributed by atoms with van der Waals surface area (Å²) in [6.07, 6.45) is 1.42. The van der Waals surface area contributed by atoms with E-state index in [0.29, 0.717) is 5.16 Å². The molecule has 130 valence electrons. The highest BCUT2D eigenvalue weighted by Gasteiger charge is 2.22. The molecule has 0 radical (unpaired) electrons. The number of hydrogen-bond donors (Lipinski definition) is 1. The number of nitrogen functional groups attached to an aromatic ring is 1. The first kappa shape index (κ1) is 16.4. The lowest BCUT2D eigenvalue weighted by Crippen LogP contribution is -2.10. The van der Waals surface area contributed by atoms with Gasteiger partial charge in [-0.2, -0.15) is 0 Å². The molecule has 0 atom stereocenters. The number of aryl methyl sites for hydroxylation is 1. The van der Waals surface area contributed by atoms with Crippen molar-refractivity contribution in [1.29, 1.82) is 0 Å². The fraction of sp³-hybridized carbons (Fsp3) is 0.105. The van der Waals surface area contributed by atoms with E-state index in [1.165, 1.54) is 22.8 Å². The SMILES string of the molecule is Cn1c(-c2ccccc2)c(C(=O)CSc2nncn2N)c2ccccc21. The molecule has 2 aromatic carbocycles. The van der Waals surface area contributed by atoms with Crippen LogP contribution in [0.25, 0.3) is 22.2 Å². The Morgan fingerprint density at radius 1 is 1.12 bits per heavy atom. The van der Waals surface area contributed by atoms with Gasteiger partial charge in [-0.25, -0.2) is 4.68 Å². The fourth-order valence-electron chi connectivity index (χ4n) is 3.15. The van der Waals surface area contributed by atoms with E-state index < -0.39 is 0 Å². The number of nitrogens with zero attached hydrogens (tertiary/aromatic N) is 4. The van der Waals surface area contributed by atoms with Crippen LogP contribution in [0.15, 0.2) is 66.1 Å². The number of hydrogen-bond acceptors (Lipinski definition) is 5. The van der Waals surface area contributed by atoms with E-state index in [2.05, 4.69) is 14.8 Å². The Hall–Kier alpha value is -3.06. The van der Waals surface area contributed by atoms with Gasteiger partial charge in [-0.1, -0.05) is 60.3 Å². The molecule has 0 saturated heterocycles. The molecular weight excluding hydrogens is 346 g/mol. The molecule has 0 fully saturated rings. The molecule has 2 heterocycles. The number of carbonyl (C=O) groups excluding carboxylic acids is 1. The third-order valence-electron chi connectivity index (χ3n) is 4.31. The average Bonchev–Trinajstić information content (AvgIpc) is 3.21. The molecule has 0 aliphatic heterocycles. The van der Waals surface area contributed by atoms with Gasteiger partial charge in [-0.05, 0) is 11.6 Å². The smallest absolute Gasteiger partial charge is 0.209 e. The molecule has 0 aliphatic carbocycles. The average molecular weight is 363 g/mol. The minimum absolute atomic E-state index is 0.0358. The van der Waals surface area contributed by atoms with Gasteiger partial charge in [-0.3, -0.25) is 4.79 Å². The van der Waals surface area contributed by atoms with Gasteiger partial charge in [0.05, 0.1) is 17.0 Å². The molecule has 0 bridgehead atoms. The van der Waals surface area contributed by atoms with E-state index in [1.807, 2.05) is 61.6 Å². The van der Waals surface area contributed by atoms with Crippen molar-refractivity contribution in [3.63, 3.8) is 0 Å². The standard InChI is InChI=1S/C19H17N5OS/c1-23-15-10-6-5-9-14(15)17(18(23)13-7-3-2-4-8-13)16(25)11-26-19-22-21-12-24(19)20/h2-10,12H,11,20H2,1H3. The largest absolute Gasteiger partial charge is 0.343 e. The van der Waals surface area contributed by atoms with Crippen molar-refractivity contribution in [2.75, 3.05) is 11.6 Å². The van der Waals surface area contributed by atoms with Gasteiger partial charge >= 0.3 is 0 Å². The zero-order chi connectivity index (χ0) is 18.1. The normalized spacial score (nSPS) is 11.1. The lowest BCUT2D eigenvalue weighted by Gasteiger charge is -2.08. The molecule has 0 unspecified atom stereocenters. The van der Waals surface area contributed by atoms with E-state index in [-0.39, 0.29) is 11.5 Å². The quantitative estimate of drug-likeness (QED) is 0.335.